The predicted octanol–water partition coefficient (Wildman–Crippen LogP) is 2.21. The van der Waals surface area contributed by atoms with Crippen LogP contribution in [0.5, 0.6) is 0 Å². The van der Waals surface area contributed by atoms with Crippen molar-refractivity contribution in [2.45, 2.75) is 53.2 Å². The maximum Gasteiger partial charge on any atom is 0.191 e. The molecule has 2 N–H and O–H groups in total. The van der Waals surface area contributed by atoms with Gasteiger partial charge in [-0.15, -0.1) is 10.2 Å². The van der Waals surface area contributed by atoms with Gasteiger partial charge in [0, 0.05) is 25.6 Å². The van der Waals surface area contributed by atoms with E-state index in [0.29, 0.717) is 18.5 Å². The summed E-state index contributed by atoms with van der Waals surface area (Å²) in [6.45, 7) is 10.7. The normalized spacial score (nSPS) is 13.3. The van der Waals surface area contributed by atoms with E-state index < -0.39 is 0 Å². The second-order valence-electron chi connectivity index (χ2n) is 6.14. The van der Waals surface area contributed by atoms with Crippen molar-refractivity contribution in [1.82, 2.24) is 25.4 Å². The van der Waals surface area contributed by atoms with Gasteiger partial charge in [0.2, 0.25) is 0 Å². The van der Waals surface area contributed by atoms with Crippen LogP contribution in [0.2, 0.25) is 0 Å². The summed E-state index contributed by atoms with van der Waals surface area (Å²) in [6.07, 6.45) is 4.31. The second-order valence-corrected chi connectivity index (χ2v) is 6.14. The highest BCUT2D eigenvalue weighted by atomic mass is 16.3. The summed E-state index contributed by atoms with van der Waals surface area (Å²) in [5.74, 6) is 3.15. The molecule has 7 nitrogen and oxygen atoms in total. The van der Waals surface area contributed by atoms with E-state index in [-0.39, 0.29) is 0 Å². The van der Waals surface area contributed by atoms with Crippen LogP contribution in [-0.4, -0.2) is 33.3 Å². The maximum absolute atomic E-state index is 5.35. The lowest BCUT2D eigenvalue weighted by atomic mass is 10.1. The minimum absolute atomic E-state index is 0.328. The van der Waals surface area contributed by atoms with Gasteiger partial charge in [-0.3, -0.25) is 0 Å². The lowest BCUT2D eigenvalue weighted by molar-refractivity contribution is 0.476. The number of furan rings is 1. The third kappa shape index (κ3) is 5.40. The van der Waals surface area contributed by atoms with Gasteiger partial charge in [0.1, 0.15) is 24.5 Å². The molecule has 1 unspecified atom stereocenters. The van der Waals surface area contributed by atoms with Crippen LogP contribution >= 0.6 is 0 Å². The van der Waals surface area contributed by atoms with E-state index in [4.69, 9.17) is 4.42 Å². The number of aryl methyl sites for hydroxylation is 1. The Morgan fingerprint density at radius 1 is 1.38 bits per heavy atom. The molecular formula is C17H28N6O. The first-order chi connectivity index (χ1) is 11.6. The summed E-state index contributed by atoms with van der Waals surface area (Å²) >= 11 is 0. The number of hydrogen-bond donors (Lipinski definition) is 2. The first-order valence-electron chi connectivity index (χ1n) is 8.54. The van der Waals surface area contributed by atoms with Crippen LogP contribution in [0.15, 0.2) is 34.1 Å². The van der Waals surface area contributed by atoms with Crippen molar-refractivity contribution < 1.29 is 4.42 Å². The average molecular weight is 332 g/mol. The standard InChI is InChI=1S/C17H28N6O/c1-5-16-22-20-12-23(16)9-8-18-17(21-14(4)13(2)3)19-11-15-7-6-10-24-15/h6-7,10,12-14H,5,8-9,11H2,1-4H3,(H2,18,19,21). The number of nitrogens with one attached hydrogen (secondary N) is 2. The number of rotatable bonds is 8. The molecule has 2 heterocycles. The molecule has 0 spiro atoms. The van der Waals surface area contributed by atoms with E-state index in [1.165, 1.54) is 0 Å². The molecule has 7 heteroatoms. The number of nitrogens with zero attached hydrogens (tertiary/aromatic N) is 4. The van der Waals surface area contributed by atoms with Gasteiger partial charge in [0.25, 0.3) is 0 Å². The molecule has 24 heavy (non-hydrogen) atoms. The molecule has 2 rings (SSSR count). The summed E-state index contributed by atoms with van der Waals surface area (Å²) < 4.78 is 7.41. The van der Waals surface area contributed by atoms with Crippen molar-refractivity contribution >= 4 is 5.96 Å². The molecule has 132 valence electrons. The molecule has 0 aliphatic carbocycles. The Bertz CT molecular complexity index is 617. The van der Waals surface area contributed by atoms with Gasteiger partial charge in [0.05, 0.1) is 6.26 Å². The van der Waals surface area contributed by atoms with Gasteiger partial charge in [0.15, 0.2) is 5.96 Å². The Morgan fingerprint density at radius 2 is 2.21 bits per heavy atom. The van der Waals surface area contributed by atoms with Crippen molar-refractivity contribution in [3.05, 3.63) is 36.3 Å². The number of aromatic nitrogens is 3. The lowest BCUT2D eigenvalue weighted by Gasteiger charge is -2.21. The maximum atomic E-state index is 5.35. The Labute approximate surface area is 143 Å². The molecule has 2 aromatic rings. The second kappa shape index (κ2) is 9.10. The molecule has 0 aliphatic heterocycles. The fourth-order valence-electron chi connectivity index (χ4n) is 2.13. The van der Waals surface area contributed by atoms with Gasteiger partial charge in [-0.25, -0.2) is 4.99 Å². The SMILES string of the molecule is CCc1nncn1CCNC(=NCc1ccco1)NC(C)C(C)C. The molecule has 0 saturated carbocycles. The Hall–Kier alpha value is -2.31. The van der Waals surface area contributed by atoms with Crippen LogP contribution in [0.4, 0.5) is 0 Å². The topological polar surface area (TPSA) is 80.3 Å². The summed E-state index contributed by atoms with van der Waals surface area (Å²) in [4.78, 5) is 4.61. The molecule has 0 aliphatic rings. The quantitative estimate of drug-likeness (QED) is 0.572. The van der Waals surface area contributed by atoms with Gasteiger partial charge in [-0.2, -0.15) is 0 Å². The van der Waals surface area contributed by atoms with Gasteiger partial charge in [-0.05, 0) is 25.0 Å². The molecule has 0 aromatic carbocycles. The zero-order valence-corrected chi connectivity index (χ0v) is 15.0. The summed E-state index contributed by atoms with van der Waals surface area (Å²) in [5, 5.41) is 14.9. The van der Waals surface area contributed by atoms with E-state index in [0.717, 1.165) is 37.1 Å². The number of guanidine groups is 1. The van der Waals surface area contributed by atoms with Gasteiger partial charge < -0.3 is 19.6 Å². The van der Waals surface area contributed by atoms with Crippen LogP contribution in [-0.2, 0) is 19.5 Å². The number of hydrogen-bond acceptors (Lipinski definition) is 4. The van der Waals surface area contributed by atoms with Crippen LogP contribution in [0, 0.1) is 5.92 Å². The fraction of sp³-hybridized carbons (Fsp3) is 0.588. The first-order valence-corrected chi connectivity index (χ1v) is 8.54. The zero-order valence-electron chi connectivity index (χ0n) is 15.0. The Balaban J connectivity index is 1.93. The summed E-state index contributed by atoms with van der Waals surface area (Å²) in [5.41, 5.74) is 0. The van der Waals surface area contributed by atoms with Crippen molar-refractivity contribution in [3.63, 3.8) is 0 Å². The van der Waals surface area contributed by atoms with Gasteiger partial charge in [-0.1, -0.05) is 20.8 Å². The molecule has 1 atom stereocenters. The monoisotopic (exact) mass is 332 g/mol. The molecule has 0 fully saturated rings. The van der Waals surface area contributed by atoms with E-state index in [1.807, 2.05) is 12.1 Å². The Morgan fingerprint density at radius 3 is 2.88 bits per heavy atom. The largest absolute Gasteiger partial charge is 0.467 e. The van der Waals surface area contributed by atoms with Crippen LogP contribution in [0.1, 0.15) is 39.3 Å². The Kier molecular flexibility index (Phi) is 6.84. The van der Waals surface area contributed by atoms with Crippen LogP contribution in [0.3, 0.4) is 0 Å². The average Bonchev–Trinajstić information content (AvgIpc) is 3.23. The number of aliphatic imine (C=N–C) groups is 1. The molecule has 2 aromatic heterocycles. The first kappa shape index (κ1) is 18.0. The predicted molar refractivity (Wildman–Crippen MR) is 94.7 cm³/mol. The van der Waals surface area contributed by atoms with Crippen molar-refractivity contribution in [1.29, 1.82) is 0 Å². The van der Waals surface area contributed by atoms with Crippen LogP contribution in [0.25, 0.3) is 0 Å². The summed E-state index contributed by atoms with van der Waals surface area (Å²) in [7, 11) is 0. The van der Waals surface area contributed by atoms with E-state index in [1.54, 1.807) is 12.6 Å². The fourth-order valence-corrected chi connectivity index (χ4v) is 2.13. The minimum Gasteiger partial charge on any atom is -0.467 e. The third-order valence-corrected chi connectivity index (χ3v) is 3.99. The molecule has 0 amide bonds. The highest BCUT2D eigenvalue weighted by molar-refractivity contribution is 5.80. The van der Waals surface area contributed by atoms with Crippen molar-refractivity contribution in [2.75, 3.05) is 6.54 Å². The van der Waals surface area contributed by atoms with E-state index in [9.17, 15) is 0 Å². The minimum atomic E-state index is 0.328. The van der Waals surface area contributed by atoms with Crippen molar-refractivity contribution in [2.24, 2.45) is 10.9 Å². The van der Waals surface area contributed by atoms with E-state index in [2.05, 4.69) is 58.1 Å². The van der Waals surface area contributed by atoms with Gasteiger partial charge >= 0.3 is 0 Å². The molecule has 0 saturated heterocycles. The highest BCUT2D eigenvalue weighted by Gasteiger charge is 2.10. The lowest BCUT2D eigenvalue weighted by Crippen LogP contribution is -2.45. The summed E-state index contributed by atoms with van der Waals surface area (Å²) in [6, 6.07) is 4.13. The highest BCUT2D eigenvalue weighted by Crippen LogP contribution is 2.03. The van der Waals surface area contributed by atoms with Crippen LogP contribution < -0.4 is 10.6 Å². The van der Waals surface area contributed by atoms with E-state index >= 15 is 0 Å². The molecular weight excluding hydrogens is 304 g/mol. The van der Waals surface area contributed by atoms with Crippen molar-refractivity contribution in [3.8, 4) is 0 Å². The molecule has 0 radical (unpaired) electrons. The molecule has 0 bridgehead atoms. The third-order valence-electron chi connectivity index (χ3n) is 3.99. The zero-order chi connectivity index (χ0) is 17.4. The smallest absolute Gasteiger partial charge is 0.191 e.